The Balaban J connectivity index is 1.98. The molecule has 102 valence electrons. The van der Waals surface area contributed by atoms with Crippen LogP contribution in [0.2, 0.25) is 0 Å². The lowest BCUT2D eigenvalue weighted by atomic mass is 9.97. The van der Waals surface area contributed by atoms with Crippen molar-refractivity contribution in [1.82, 2.24) is 0 Å². The number of fused-ring (bicyclic) bond motifs is 1. The van der Waals surface area contributed by atoms with Crippen LogP contribution in [-0.2, 0) is 14.2 Å². The summed E-state index contributed by atoms with van der Waals surface area (Å²) in [5, 5.41) is 9.45. The molecule has 0 bridgehead atoms. The fraction of sp³-hybridized carbons (Fsp3) is 0.750. The molecule has 0 aromatic heterocycles. The summed E-state index contributed by atoms with van der Waals surface area (Å²) < 4.78 is 16.2. The number of ether oxygens (including phenoxy) is 3. The zero-order valence-corrected chi connectivity index (χ0v) is 11.1. The third kappa shape index (κ3) is 3.71. The molecule has 5 nitrogen and oxygen atoms in total. The van der Waals surface area contributed by atoms with E-state index in [0.717, 1.165) is 11.8 Å². The van der Waals surface area contributed by atoms with Gasteiger partial charge >= 0.3 is 5.30 Å². The third-order valence-corrected chi connectivity index (χ3v) is 3.60. The molecule has 2 rings (SSSR count). The van der Waals surface area contributed by atoms with E-state index in [1.165, 1.54) is 0 Å². The van der Waals surface area contributed by atoms with Gasteiger partial charge in [-0.1, -0.05) is 13.0 Å². The summed E-state index contributed by atoms with van der Waals surface area (Å²) in [6.45, 7) is 2.14. The van der Waals surface area contributed by atoms with E-state index in [1.54, 1.807) is 12.2 Å². The van der Waals surface area contributed by atoms with Crippen LogP contribution < -0.4 is 0 Å². The van der Waals surface area contributed by atoms with Crippen LogP contribution in [-0.4, -0.2) is 47.4 Å². The average Bonchev–Trinajstić information content (AvgIpc) is 2.71. The van der Waals surface area contributed by atoms with Crippen LogP contribution in [0, 0.1) is 0 Å². The van der Waals surface area contributed by atoms with Crippen molar-refractivity contribution in [3.05, 3.63) is 12.2 Å². The maximum atomic E-state index is 11.5. The van der Waals surface area contributed by atoms with Crippen LogP contribution in [0.4, 0.5) is 4.79 Å². The number of hydrogen-bond acceptors (Lipinski definition) is 6. The number of thioether (sulfide) groups is 1. The van der Waals surface area contributed by atoms with E-state index in [4.69, 9.17) is 14.2 Å². The summed E-state index contributed by atoms with van der Waals surface area (Å²) in [7, 11) is 0. The first-order valence-corrected chi connectivity index (χ1v) is 7.10. The second kappa shape index (κ2) is 6.56. The number of aliphatic hydroxyl groups excluding tert-OH is 1. The number of carbonyl (C=O) groups is 1. The molecule has 1 saturated heterocycles. The molecule has 0 aromatic carbocycles. The molecule has 0 radical (unpaired) electrons. The Bertz CT molecular complexity index is 320. The van der Waals surface area contributed by atoms with E-state index in [9.17, 15) is 9.90 Å². The Kier molecular flexibility index (Phi) is 5.05. The van der Waals surface area contributed by atoms with Crippen LogP contribution in [0.15, 0.2) is 12.2 Å². The lowest BCUT2D eigenvalue weighted by Gasteiger charge is -2.24. The molecule has 0 spiro atoms. The predicted molar refractivity (Wildman–Crippen MR) is 67.4 cm³/mol. The van der Waals surface area contributed by atoms with Gasteiger partial charge in [0.2, 0.25) is 0 Å². The summed E-state index contributed by atoms with van der Waals surface area (Å²) in [6, 6.07) is 0. The van der Waals surface area contributed by atoms with Crippen LogP contribution in [0.1, 0.15) is 19.8 Å². The first-order chi connectivity index (χ1) is 8.69. The monoisotopic (exact) mass is 274 g/mol. The lowest BCUT2D eigenvalue weighted by molar-refractivity contribution is 0.0286. The smallest absolute Gasteiger partial charge is 0.367 e. The minimum atomic E-state index is -0.584. The van der Waals surface area contributed by atoms with Gasteiger partial charge in [0.15, 0.2) is 0 Å². The van der Waals surface area contributed by atoms with Crippen molar-refractivity contribution < 1.29 is 24.1 Å². The highest BCUT2D eigenvalue weighted by Crippen LogP contribution is 2.26. The van der Waals surface area contributed by atoms with E-state index in [0.29, 0.717) is 18.6 Å². The van der Waals surface area contributed by atoms with Crippen LogP contribution in [0.3, 0.4) is 0 Å². The third-order valence-electron chi connectivity index (χ3n) is 2.98. The number of hydrogen-bond donors (Lipinski definition) is 1. The Morgan fingerprint density at radius 3 is 2.83 bits per heavy atom. The number of aliphatic hydroxyl groups is 1. The standard InChI is InChI=1S/C12H18O5S/c1-2-18-12(14)17-9-4-3-8(13)5-10-11(6-9)16-7-15-10/h3-4,8-11,13H,2,5-7H2,1H3/b4-3+. The van der Waals surface area contributed by atoms with Gasteiger partial charge in [0.25, 0.3) is 0 Å². The molecule has 0 amide bonds. The second-order valence-corrected chi connectivity index (χ2v) is 5.49. The summed E-state index contributed by atoms with van der Waals surface area (Å²) in [5.41, 5.74) is 0. The van der Waals surface area contributed by atoms with Crippen molar-refractivity contribution in [3.63, 3.8) is 0 Å². The molecule has 4 unspecified atom stereocenters. The fourth-order valence-corrected chi connectivity index (χ4v) is 2.53. The Morgan fingerprint density at radius 2 is 2.11 bits per heavy atom. The Morgan fingerprint density at radius 1 is 1.39 bits per heavy atom. The molecule has 18 heavy (non-hydrogen) atoms. The Hall–Kier alpha value is -0.560. The SMILES string of the molecule is CCSC(=O)OC1/C=C/C(O)CC2OCOC2C1. The minimum absolute atomic E-state index is 0.117. The fourth-order valence-electron chi connectivity index (χ4n) is 2.11. The first-order valence-electron chi connectivity index (χ1n) is 6.12. The van der Waals surface area contributed by atoms with Gasteiger partial charge in [-0.25, -0.2) is 4.79 Å². The van der Waals surface area contributed by atoms with Crippen LogP contribution in [0.25, 0.3) is 0 Å². The second-order valence-electron chi connectivity index (χ2n) is 4.29. The zero-order valence-electron chi connectivity index (χ0n) is 10.3. The zero-order chi connectivity index (χ0) is 13.0. The molecule has 2 aliphatic rings. The maximum Gasteiger partial charge on any atom is 0.367 e. The topological polar surface area (TPSA) is 65.0 Å². The van der Waals surface area contributed by atoms with Gasteiger partial charge in [-0.3, -0.25) is 0 Å². The molecule has 1 aliphatic heterocycles. The van der Waals surface area contributed by atoms with E-state index in [2.05, 4.69) is 0 Å². The van der Waals surface area contributed by atoms with E-state index in [1.807, 2.05) is 6.92 Å². The molecule has 1 N–H and O–H groups in total. The highest BCUT2D eigenvalue weighted by Gasteiger charge is 2.34. The quantitative estimate of drug-likeness (QED) is 0.610. The van der Waals surface area contributed by atoms with Crippen molar-refractivity contribution in [3.8, 4) is 0 Å². The van der Waals surface area contributed by atoms with Gasteiger partial charge < -0.3 is 19.3 Å². The lowest BCUT2D eigenvalue weighted by Crippen LogP contribution is -2.33. The van der Waals surface area contributed by atoms with E-state index < -0.39 is 6.10 Å². The molecule has 1 aliphatic carbocycles. The van der Waals surface area contributed by atoms with E-state index >= 15 is 0 Å². The van der Waals surface area contributed by atoms with Crippen LogP contribution in [0.5, 0.6) is 0 Å². The first kappa shape index (κ1) is 13.9. The van der Waals surface area contributed by atoms with Crippen molar-refractivity contribution in [2.75, 3.05) is 12.5 Å². The highest BCUT2D eigenvalue weighted by atomic mass is 32.2. The van der Waals surface area contributed by atoms with Crippen molar-refractivity contribution in [2.24, 2.45) is 0 Å². The minimum Gasteiger partial charge on any atom is -0.450 e. The molecule has 1 heterocycles. The average molecular weight is 274 g/mol. The molecule has 0 aromatic rings. The molecule has 4 atom stereocenters. The molecular formula is C12H18O5S. The molecular weight excluding hydrogens is 256 g/mol. The maximum absolute atomic E-state index is 11.5. The van der Waals surface area contributed by atoms with Gasteiger partial charge in [-0.05, 0) is 17.8 Å². The highest BCUT2D eigenvalue weighted by molar-refractivity contribution is 8.13. The molecule has 0 saturated carbocycles. The Labute approximate surface area is 110 Å². The summed E-state index contributed by atoms with van der Waals surface area (Å²) >= 11 is 1.13. The van der Waals surface area contributed by atoms with Gasteiger partial charge in [0, 0.05) is 18.6 Å². The molecule has 1 fully saturated rings. The number of carbonyl (C=O) groups excluding carboxylic acids is 1. The van der Waals surface area contributed by atoms with Gasteiger partial charge in [-0.2, -0.15) is 0 Å². The van der Waals surface area contributed by atoms with Crippen LogP contribution >= 0.6 is 11.8 Å². The summed E-state index contributed by atoms with van der Waals surface area (Å²) in [5.74, 6) is 0.684. The van der Waals surface area contributed by atoms with Crippen molar-refractivity contribution in [1.29, 1.82) is 0 Å². The normalized spacial score (nSPS) is 37.4. The number of rotatable bonds is 2. The van der Waals surface area contributed by atoms with Gasteiger partial charge in [0.05, 0.1) is 18.3 Å². The van der Waals surface area contributed by atoms with E-state index in [-0.39, 0.29) is 30.4 Å². The largest absolute Gasteiger partial charge is 0.450 e. The summed E-state index contributed by atoms with van der Waals surface area (Å²) in [4.78, 5) is 11.5. The predicted octanol–water partition coefficient (Wildman–Crippen LogP) is 1.70. The molecule has 6 heteroatoms. The van der Waals surface area contributed by atoms with Gasteiger partial charge in [-0.15, -0.1) is 0 Å². The van der Waals surface area contributed by atoms with Gasteiger partial charge in [0.1, 0.15) is 12.9 Å². The summed E-state index contributed by atoms with van der Waals surface area (Å²) in [6.07, 6.45) is 3.30. The van der Waals surface area contributed by atoms with Crippen molar-refractivity contribution in [2.45, 2.75) is 44.2 Å². The van der Waals surface area contributed by atoms with Crippen molar-refractivity contribution >= 4 is 17.1 Å².